The van der Waals surface area contributed by atoms with Gasteiger partial charge in [-0.1, -0.05) is 29.8 Å². The van der Waals surface area contributed by atoms with E-state index in [1.165, 1.54) is 14.2 Å². The lowest BCUT2D eigenvalue weighted by atomic mass is 10.1. The van der Waals surface area contributed by atoms with Gasteiger partial charge >= 0.3 is 0 Å². The average Bonchev–Trinajstić information content (AvgIpc) is 2.66. The second-order valence-corrected chi connectivity index (χ2v) is 6.84. The highest BCUT2D eigenvalue weighted by molar-refractivity contribution is 9.10. The van der Waals surface area contributed by atoms with Crippen LogP contribution in [0.15, 0.2) is 34.8 Å². The van der Waals surface area contributed by atoms with Crippen LogP contribution >= 0.6 is 38.9 Å². The molecule has 1 heterocycles. The van der Waals surface area contributed by atoms with Gasteiger partial charge in [0.1, 0.15) is 0 Å². The SMILES string of the molecule is Cc1sc(CN[C@H](C)c2ccccc2Cl)cc1Br. The van der Waals surface area contributed by atoms with Gasteiger partial charge in [0, 0.05) is 31.8 Å². The lowest BCUT2D eigenvalue weighted by Crippen LogP contribution is -2.17. The Kier molecular flexibility index (Phi) is 4.84. The van der Waals surface area contributed by atoms with Crippen LogP contribution in [-0.4, -0.2) is 0 Å². The summed E-state index contributed by atoms with van der Waals surface area (Å²) in [7, 11) is 0. The predicted molar refractivity (Wildman–Crippen MR) is 83.5 cm³/mol. The zero-order chi connectivity index (χ0) is 13.1. The molecule has 0 saturated heterocycles. The normalized spacial score (nSPS) is 12.7. The van der Waals surface area contributed by atoms with Gasteiger partial charge < -0.3 is 5.32 Å². The van der Waals surface area contributed by atoms with Gasteiger partial charge in [-0.05, 0) is 47.5 Å². The minimum atomic E-state index is 0.250. The van der Waals surface area contributed by atoms with E-state index in [-0.39, 0.29) is 6.04 Å². The smallest absolute Gasteiger partial charge is 0.0453 e. The van der Waals surface area contributed by atoms with E-state index in [4.69, 9.17) is 11.6 Å². The summed E-state index contributed by atoms with van der Waals surface area (Å²) in [5, 5.41) is 4.32. The van der Waals surface area contributed by atoms with E-state index in [1.807, 2.05) is 29.5 Å². The van der Waals surface area contributed by atoms with Gasteiger partial charge in [-0.25, -0.2) is 0 Å². The molecule has 0 aliphatic carbocycles. The van der Waals surface area contributed by atoms with Crippen LogP contribution < -0.4 is 5.32 Å². The van der Waals surface area contributed by atoms with Crippen LogP contribution in [0.5, 0.6) is 0 Å². The summed E-state index contributed by atoms with van der Waals surface area (Å²) in [6, 6.07) is 10.4. The summed E-state index contributed by atoms with van der Waals surface area (Å²) in [5.74, 6) is 0. The van der Waals surface area contributed by atoms with Crippen molar-refractivity contribution in [3.8, 4) is 0 Å². The second kappa shape index (κ2) is 6.20. The first-order valence-electron chi connectivity index (χ1n) is 5.80. The standard InChI is InChI=1S/C14H15BrClNS/c1-9(12-5-3-4-6-14(12)16)17-8-11-7-13(15)10(2)18-11/h3-7,9,17H,8H2,1-2H3/t9-/m1/s1. The second-order valence-electron chi connectivity index (χ2n) is 4.24. The van der Waals surface area contributed by atoms with Crippen LogP contribution in [0.3, 0.4) is 0 Å². The minimum absolute atomic E-state index is 0.250. The van der Waals surface area contributed by atoms with Crippen LogP contribution in [0.1, 0.15) is 28.3 Å². The molecule has 1 aromatic carbocycles. The molecule has 2 rings (SSSR count). The molecule has 1 nitrogen and oxygen atoms in total. The summed E-state index contributed by atoms with van der Waals surface area (Å²) in [6.07, 6.45) is 0. The van der Waals surface area contributed by atoms with Crippen molar-refractivity contribution in [1.82, 2.24) is 5.32 Å². The number of halogens is 2. The Morgan fingerprint density at radius 1 is 1.39 bits per heavy atom. The predicted octanol–water partition coefficient (Wildman–Crippen LogP) is 5.32. The number of benzene rings is 1. The summed E-state index contributed by atoms with van der Waals surface area (Å²) in [4.78, 5) is 2.65. The fourth-order valence-electron chi connectivity index (χ4n) is 1.79. The van der Waals surface area contributed by atoms with Crippen LogP contribution in [0.4, 0.5) is 0 Å². The van der Waals surface area contributed by atoms with Gasteiger partial charge in [0.2, 0.25) is 0 Å². The minimum Gasteiger partial charge on any atom is -0.305 e. The molecule has 1 N–H and O–H groups in total. The average molecular weight is 345 g/mol. The third kappa shape index (κ3) is 3.35. The molecule has 2 aromatic rings. The lowest BCUT2D eigenvalue weighted by molar-refractivity contribution is 0.579. The van der Waals surface area contributed by atoms with Gasteiger partial charge in [-0.15, -0.1) is 11.3 Å². The third-order valence-electron chi connectivity index (χ3n) is 2.86. The molecule has 0 unspecified atom stereocenters. The summed E-state index contributed by atoms with van der Waals surface area (Å²) in [6.45, 7) is 5.12. The first kappa shape index (κ1) is 14.1. The Bertz CT molecular complexity index is 519. The summed E-state index contributed by atoms with van der Waals surface area (Å²) < 4.78 is 1.19. The van der Waals surface area contributed by atoms with Crippen molar-refractivity contribution in [2.24, 2.45) is 0 Å². The topological polar surface area (TPSA) is 12.0 Å². The maximum Gasteiger partial charge on any atom is 0.0453 e. The first-order chi connectivity index (χ1) is 8.58. The Hall–Kier alpha value is -0.350. The molecule has 0 radical (unpaired) electrons. The Balaban J connectivity index is 2.00. The molecule has 0 aliphatic heterocycles. The van der Waals surface area contributed by atoms with Crippen LogP contribution in [0.2, 0.25) is 5.02 Å². The van der Waals surface area contributed by atoms with Crippen molar-refractivity contribution in [3.63, 3.8) is 0 Å². The third-order valence-corrected chi connectivity index (χ3v) is 5.34. The number of thiophene rings is 1. The van der Waals surface area contributed by atoms with E-state index in [0.717, 1.165) is 17.1 Å². The fourth-order valence-corrected chi connectivity index (χ4v) is 3.65. The number of rotatable bonds is 4. The van der Waals surface area contributed by atoms with E-state index in [1.54, 1.807) is 0 Å². The van der Waals surface area contributed by atoms with Crippen molar-refractivity contribution in [3.05, 3.63) is 55.1 Å². The zero-order valence-corrected chi connectivity index (χ0v) is 13.5. The summed E-state index contributed by atoms with van der Waals surface area (Å²) >= 11 is 11.5. The number of nitrogens with one attached hydrogen (secondary N) is 1. The van der Waals surface area contributed by atoms with E-state index in [9.17, 15) is 0 Å². The van der Waals surface area contributed by atoms with Gasteiger partial charge in [0.15, 0.2) is 0 Å². The molecule has 0 aliphatic rings. The molecular weight excluding hydrogens is 330 g/mol. The molecule has 0 saturated carbocycles. The van der Waals surface area contributed by atoms with Crippen molar-refractivity contribution in [2.45, 2.75) is 26.4 Å². The monoisotopic (exact) mass is 343 g/mol. The molecule has 0 spiro atoms. The van der Waals surface area contributed by atoms with E-state index >= 15 is 0 Å². The van der Waals surface area contributed by atoms with E-state index in [2.05, 4.69) is 47.2 Å². The summed E-state index contributed by atoms with van der Waals surface area (Å²) in [5.41, 5.74) is 1.14. The van der Waals surface area contributed by atoms with Crippen molar-refractivity contribution >= 4 is 38.9 Å². The van der Waals surface area contributed by atoms with Crippen LogP contribution in [0, 0.1) is 6.92 Å². The van der Waals surface area contributed by atoms with Gasteiger partial charge in [0.05, 0.1) is 0 Å². The molecule has 96 valence electrons. The number of hydrogen-bond acceptors (Lipinski definition) is 2. The molecule has 0 amide bonds. The maximum atomic E-state index is 6.19. The van der Waals surface area contributed by atoms with Crippen molar-refractivity contribution in [1.29, 1.82) is 0 Å². The highest BCUT2D eigenvalue weighted by Gasteiger charge is 2.09. The lowest BCUT2D eigenvalue weighted by Gasteiger charge is -2.14. The molecule has 0 bridgehead atoms. The highest BCUT2D eigenvalue weighted by Crippen LogP contribution is 2.27. The molecule has 0 fully saturated rings. The highest BCUT2D eigenvalue weighted by atomic mass is 79.9. The van der Waals surface area contributed by atoms with Gasteiger partial charge in [0.25, 0.3) is 0 Å². The van der Waals surface area contributed by atoms with Gasteiger partial charge in [-0.3, -0.25) is 0 Å². The van der Waals surface area contributed by atoms with Crippen molar-refractivity contribution < 1.29 is 0 Å². The van der Waals surface area contributed by atoms with E-state index in [0.29, 0.717) is 0 Å². The molecule has 1 aromatic heterocycles. The fraction of sp³-hybridized carbons (Fsp3) is 0.286. The van der Waals surface area contributed by atoms with E-state index < -0.39 is 0 Å². The van der Waals surface area contributed by atoms with Gasteiger partial charge in [-0.2, -0.15) is 0 Å². The molecule has 1 atom stereocenters. The largest absolute Gasteiger partial charge is 0.305 e. The Morgan fingerprint density at radius 2 is 2.11 bits per heavy atom. The quantitative estimate of drug-likeness (QED) is 0.791. The zero-order valence-electron chi connectivity index (χ0n) is 10.3. The Labute approximate surface area is 125 Å². The van der Waals surface area contributed by atoms with Crippen LogP contribution in [0.25, 0.3) is 0 Å². The van der Waals surface area contributed by atoms with Crippen LogP contribution in [-0.2, 0) is 6.54 Å². The molecule has 18 heavy (non-hydrogen) atoms. The maximum absolute atomic E-state index is 6.19. The number of hydrogen-bond donors (Lipinski definition) is 1. The number of aryl methyl sites for hydroxylation is 1. The first-order valence-corrected chi connectivity index (χ1v) is 7.79. The molecular formula is C14H15BrClNS. The van der Waals surface area contributed by atoms with Crippen molar-refractivity contribution in [2.75, 3.05) is 0 Å². The Morgan fingerprint density at radius 3 is 2.72 bits per heavy atom. The molecule has 4 heteroatoms.